The van der Waals surface area contributed by atoms with Crippen LogP contribution in [-0.4, -0.2) is 37.4 Å². The number of rotatable bonds is 4. The summed E-state index contributed by atoms with van der Waals surface area (Å²) < 4.78 is 39.5. The Labute approximate surface area is 199 Å². The lowest BCUT2D eigenvalue weighted by molar-refractivity contribution is -0.128. The number of para-hydroxylation sites is 2. The number of ether oxygens (including phenoxy) is 2. The lowest BCUT2D eigenvalue weighted by Gasteiger charge is -2.31. The van der Waals surface area contributed by atoms with Crippen molar-refractivity contribution >= 4 is 21.6 Å². The van der Waals surface area contributed by atoms with E-state index in [1.165, 1.54) is 4.31 Å². The summed E-state index contributed by atoms with van der Waals surface area (Å²) in [4.78, 5) is 13.3. The normalized spacial score (nSPS) is 19.8. The molecule has 0 aliphatic carbocycles. The molecule has 1 N–H and O–H groups in total. The monoisotopic (exact) mass is 478 g/mol. The second-order valence-electron chi connectivity index (χ2n) is 8.68. The number of hydrogen-bond donors (Lipinski definition) is 1. The summed E-state index contributed by atoms with van der Waals surface area (Å²) in [6.45, 7) is 4.38. The van der Waals surface area contributed by atoms with Gasteiger partial charge in [-0.3, -0.25) is 4.79 Å². The van der Waals surface area contributed by atoms with Crippen LogP contribution < -0.4 is 14.8 Å². The van der Waals surface area contributed by atoms with Gasteiger partial charge in [-0.2, -0.15) is 4.31 Å². The minimum atomic E-state index is -3.60. The molecule has 0 radical (unpaired) electrons. The van der Waals surface area contributed by atoms with Crippen molar-refractivity contribution in [3.63, 3.8) is 0 Å². The highest BCUT2D eigenvalue weighted by Gasteiger charge is 2.34. The maximum atomic E-state index is 13.1. The van der Waals surface area contributed by atoms with E-state index >= 15 is 0 Å². The van der Waals surface area contributed by atoms with Crippen molar-refractivity contribution in [2.75, 3.05) is 11.9 Å². The molecule has 3 aromatic rings. The Morgan fingerprint density at radius 1 is 0.971 bits per heavy atom. The molecule has 0 bridgehead atoms. The molecule has 2 atom stereocenters. The van der Waals surface area contributed by atoms with E-state index in [0.717, 1.165) is 16.7 Å². The van der Waals surface area contributed by atoms with Gasteiger partial charge in [0.15, 0.2) is 11.5 Å². The van der Waals surface area contributed by atoms with Gasteiger partial charge in [0.25, 0.3) is 5.91 Å². The van der Waals surface area contributed by atoms with E-state index in [1.807, 2.05) is 37.3 Å². The minimum absolute atomic E-state index is 0.252. The van der Waals surface area contributed by atoms with Crippen molar-refractivity contribution in [2.45, 2.75) is 43.9 Å². The number of anilines is 1. The third-order valence-electron chi connectivity index (χ3n) is 6.21. The average Bonchev–Trinajstić information content (AvgIpc) is 2.83. The Balaban J connectivity index is 1.32. The molecule has 7 nitrogen and oxygen atoms in total. The minimum Gasteiger partial charge on any atom is -0.482 e. The van der Waals surface area contributed by atoms with Gasteiger partial charge >= 0.3 is 0 Å². The molecular formula is C26H26N2O5S. The van der Waals surface area contributed by atoms with Crippen molar-refractivity contribution in [1.82, 2.24) is 4.31 Å². The zero-order valence-corrected chi connectivity index (χ0v) is 19.8. The van der Waals surface area contributed by atoms with Crippen LogP contribution in [0.1, 0.15) is 23.6 Å². The maximum absolute atomic E-state index is 13.1. The summed E-state index contributed by atoms with van der Waals surface area (Å²) in [5.41, 5.74) is 3.55. The van der Waals surface area contributed by atoms with Gasteiger partial charge in [0.2, 0.25) is 16.1 Å². The lowest BCUT2D eigenvalue weighted by Crippen LogP contribution is -2.46. The van der Waals surface area contributed by atoms with E-state index in [1.54, 1.807) is 43.3 Å². The van der Waals surface area contributed by atoms with Crippen LogP contribution in [0.25, 0.3) is 0 Å². The molecule has 176 valence electrons. The molecule has 1 amide bonds. The van der Waals surface area contributed by atoms with Crippen LogP contribution in [0.5, 0.6) is 11.5 Å². The Kier molecular flexibility index (Phi) is 5.79. The van der Waals surface area contributed by atoms with Crippen molar-refractivity contribution in [1.29, 1.82) is 0 Å². The second-order valence-corrected chi connectivity index (χ2v) is 10.6. The Morgan fingerprint density at radius 3 is 2.41 bits per heavy atom. The summed E-state index contributed by atoms with van der Waals surface area (Å²) in [7, 11) is -3.60. The lowest BCUT2D eigenvalue weighted by atomic mass is 10.0. The van der Waals surface area contributed by atoms with Gasteiger partial charge < -0.3 is 14.8 Å². The van der Waals surface area contributed by atoms with E-state index in [9.17, 15) is 13.2 Å². The van der Waals surface area contributed by atoms with Crippen LogP contribution in [0.2, 0.25) is 0 Å². The molecule has 0 unspecified atom stereocenters. The number of nitrogens with one attached hydrogen (secondary N) is 1. The first-order chi connectivity index (χ1) is 16.3. The highest BCUT2D eigenvalue weighted by Crippen LogP contribution is 2.34. The summed E-state index contributed by atoms with van der Waals surface area (Å²) in [5.74, 6) is 0.827. The largest absolute Gasteiger partial charge is 0.482 e. The Bertz CT molecular complexity index is 1340. The highest BCUT2D eigenvalue weighted by atomic mass is 32.2. The molecule has 0 aromatic heterocycles. The number of aryl methyl sites for hydroxylation is 1. The number of carbonyl (C=O) groups is 1. The van der Waals surface area contributed by atoms with E-state index in [-0.39, 0.29) is 17.3 Å². The van der Waals surface area contributed by atoms with Crippen LogP contribution in [0.4, 0.5) is 5.69 Å². The fraction of sp³-hybridized carbons (Fsp3) is 0.269. The Hall–Kier alpha value is -3.36. The summed E-state index contributed by atoms with van der Waals surface area (Å²) >= 11 is 0. The van der Waals surface area contributed by atoms with Gasteiger partial charge in [0.05, 0.1) is 4.90 Å². The SMILES string of the molecule is Cc1ccc(S(=O)(=O)N2CCc3ccc(NC(=O)[C@H]4Oc5ccccc5O[C@H]4C)cc3C2)cc1. The van der Waals surface area contributed by atoms with E-state index in [4.69, 9.17) is 9.47 Å². The zero-order chi connectivity index (χ0) is 23.9. The molecule has 8 heteroatoms. The molecule has 3 aromatic carbocycles. The molecule has 0 saturated heterocycles. The van der Waals surface area contributed by atoms with Gasteiger partial charge in [-0.1, -0.05) is 35.9 Å². The number of nitrogens with zero attached hydrogens (tertiary/aromatic N) is 1. The zero-order valence-electron chi connectivity index (χ0n) is 19.0. The van der Waals surface area contributed by atoms with Crippen molar-refractivity contribution in [3.8, 4) is 11.5 Å². The second kappa shape index (κ2) is 8.77. The first-order valence-electron chi connectivity index (χ1n) is 11.2. The molecule has 2 aliphatic heterocycles. The number of amides is 1. The van der Waals surface area contributed by atoms with Gasteiger partial charge in [-0.25, -0.2) is 8.42 Å². The van der Waals surface area contributed by atoms with Gasteiger partial charge in [-0.05, 0) is 67.8 Å². The van der Waals surface area contributed by atoms with Crippen LogP contribution in [-0.2, 0) is 27.8 Å². The number of hydrogen-bond acceptors (Lipinski definition) is 5. The third-order valence-corrected chi connectivity index (χ3v) is 8.07. The molecule has 0 saturated carbocycles. The molecule has 2 heterocycles. The topological polar surface area (TPSA) is 84.9 Å². The smallest absolute Gasteiger partial charge is 0.269 e. The van der Waals surface area contributed by atoms with Gasteiger partial charge in [-0.15, -0.1) is 0 Å². The molecule has 5 rings (SSSR count). The predicted octanol–water partition coefficient (Wildman–Crippen LogP) is 3.91. The highest BCUT2D eigenvalue weighted by molar-refractivity contribution is 7.89. The van der Waals surface area contributed by atoms with E-state index < -0.39 is 22.2 Å². The van der Waals surface area contributed by atoms with Gasteiger partial charge in [0, 0.05) is 18.8 Å². The fourth-order valence-corrected chi connectivity index (χ4v) is 5.71. The number of carbonyl (C=O) groups excluding carboxylic acids is 1. The maximum Gasteiger partial charge on any atom is 0.269 e. The summed E-state index contributed by atoms with van der Waals surface area (Å²) in [5, 5.41) is 2.90. The average molecular weight is 479 g/mol. The summed E-state index contributed by atoms with van der Waals surface area (Å²) in [6, 6.07) is 19.8. The first-order valence-corrected chi connectivity index (χ1v) is 12.7. The van der Waals surface area contributed by atoms with Crippen LogP contribution in [0, 0.1) is 6.92 Å². The Morgan fingerprint density at radius 2 is 1.68 bits per heavy atom. The number of fused-ring (bicyclic) bond motifs is 2. The standard InChI is InChI=1S/C26H26N2O5S/c1-17-7-11-22(12-8-17)34(30,31)28-14-13-19-9-10-21(15-20(19)16-28)27-26(29)25-18(2)32-23-5-3-4-6-24(23)33-25/h3-12,15,18,25H,13-14,16H2,1-2H3,(H,27,29)/t18-,25-/m0/s1. The van der Waals surface area contributed by atoms with Crippen molar-refractivity contribution < 1.29 is 22.7 Å². The predicted molar refractivity (Wildman–Crippen MR) is 128 cm³/mol. The quantitative estimate of drug-likeness (QED) is 0.615. The summed E-state index contributed by atoms with van der Waals surface area (Å²) in [6.07, 6.45) is -0.644. The number of benzene rings is 3. The van der Waals surface area contributed by atoms with E-state index in [0.29, 0.717) is 30.2 Å². The third kappa shape index (κ3) is 4.26. The first kappa shape index (κ1) is 22.4. The number of sulfonamides is 1. The van der Waals surface area contributed by atoms with E-state index in [2.05, 4.69) is 5.32 Å². The fourth-order valence-electron chi connectivity index (χ4n) is 4.29. The molecule has 34 heavy (non-hydrogen) atoms. The van der Waals surface area contributed by atoms with Crippen molar-refractivity contribution in [3.05, 3.63) is 83.4 Å². The molecule has 2 aliphatic rings. The van der Waals surface area contributed by atoms with Crippen LogP contribution in [0.15, 0.2) is 71.6 Å². The molecule has 0 spiro atoms. The molecular weight excluding hydrogens is 452 g/mol. The van der Waals surface area contributed by atoms with Crippen LogP contribution in [0.3, 0.4) is 0 Å². The molecule has 0 fully saturated rings. The van der Waals surface area contributed by atoms with Crippen molar-refractivity contribution in [2.24, 2.45) is 0 Å². The van der Waals surface area contributed by atoms with Crippen LogP contribution >= 0.6 is 0 Å². The van der Waals surface area contributed by atoms with Gasteiger partial charge in [0.1, 0.15) is 6.10 Å².